The summed E-state index contributed by atoms with van der Waals surface area (Å²) in [5, 5.41) is 5.24. The Morgan fingerprint density at radius 1 is 1.00 bits per heavy atom. The molecular formula is C20H20F3N3OS. The Kier molecular flexibility index (Phi) is 6.18. The van der Waals surface area contributed by atoms with Crippen LogP contribution in [-0.4, -0.2) is 24.1 Å². The first-order valence-corrected chi connectivity index (χ1v) is 9.39. The van der Waals surface area contributed by atoms with Gasteiger partial charge in [-0.25, -0.2) is 0 Å². The lowest BCUT2D eigenvalue weighted by atomic mass is 10.1. The summed E-state index contributed by atoms with van der Waals surface area (Å²) in [5.41, 5.74) is 0.513. The fourth-order valence-electron chi connectivity index (χ4n) is 3.14. The van der Waals surface area contributed by atoms with Gasteiger partial charge in [0.25, 0.3) is 5.91 Å². The van der Waals surface area contributed by atoms with Gasteiger partial charge >= 0.3 is 6.18 Å². The van der Waals surface area contributed by atoms with Crippen LogP contribution in [0.2, 0.25) is 0 Å². The highest BCUT2D eigenvalue weighted by atomic mass is 32.1. The zero-order valence-electron chi connectivity index (χ0n) is 15.1. The molecule has 0 radical (unpaired) electrons. The first-order valence-electron chi connectivity index (χ1n) is 8.98. The maximum absolute atomic E-state index is 13.2. The number of hydrogen-bond donors (Lipinski definition) is 2. The molecule has 0 aliphatic carbocycles. The molecule has 2 aromatic carbocycles. The van der Waals surface area contributed by atoms with Crippen molar-refractivity contribution in [2.24, 2.45) is 0 Å². The van der Waals surface area contributed by atoms with Crippen molar-refractivity contribution < 1.29 is 18.0 Å². The van der Waals surface area contributed by atoms with Crippen LogP contribution in [0.1, 0.15) is 35.2 Å². The summed E-state index contributed by atoms with van der Waals surface area (Å²) >= 11 is 5.17. The number of rotatable bonds is 3. The third-order valence-corrected chi connectivity index (χ3v) is 4.74. The summed E-state index contributed by atoms with van der Waals surface area (Å²) < 4.78 is 39.5. The molecular weight excluding hydrogens is 387 g/mol. The lowest BCUT2D eigenvalue weighted by Crippen LogP contribution is -2.35. The number of carbonyl (C=O) groups is 1. The van der Waals surface area contributed by atoms with E-state index in [-0.39, 0.29) is 10.8 Å². The lowest BCUT2D eigenvalue weighted by Gasteiger charge is -2.31. The standard InChI is InChI=1S/C20H20F3N3OS/c21-20(22,23)15-9-10-17(26-11-5-2-6-12-26)16(13-15)24-19(28)25-18(27)14-7-3-1-4-8-14/h1,3-4,7-10,13H,2,5-6,11-12H2,(H2,24,25,27,28). The van der Waals surface area contributed by atoms with Crippen molar-refractivity contribution in [2.45, 2.75) is 25.4 Å². The van der Waals surface area contributed by atoms with Gasteiger partial charge in [-0.1, -0.05) is 18.2 Å². The Labute approximate surface area is 166 Å². The van der Waals surface area contributed by atoms with Gasteiger partial charge in [-0.2, -0.15) is 13.2 Å². The molecule has 3 rings (SSSR count). The summed E-state index contributed by atoms with van der Waals surface area (Å²) in [6, 6.07) is 12.0. The number of benzene rings is 2. The Morgan fingerprint density at radius 3 is 2.32 bits per heavy atom. The van der Waals surface area contributed by atoms with E-state index in [9.17, 15) is 18.0 Å². The summed E-state index contributed by atoms with van der Waals surface area (Å²) in [5.74, 6) is -0.426. The summed E-state index contributed by atoms with van der Waals surface area (Å²) in [6.07, 6.45) is -1.40. The highest BCUT2D eigenvalue weighted by molar-refractivity contribution is 7.80. The van der Waals surface area contributed by atoms with E-state index >= 15 is 0 Å². The predicted molar refractivity (Wildman–Crippen MR) is 108 cm³/mol. The largest absolute Gasteiger partial charge is 0.416 e. The maximum atomic E-state index is 13.2. The molecule has 1 saturated heterocycles. The molecule has 0 saturated carbocycles. The topological polar surface area (TPSA) is 44.4 Å². The molecule has 1 amide bonds. The van der Waals surface area contributed by atoms with Gasteiger partial charge in [-0.15, -0.1) is 0 Å². The zero-order chi connectivity index (χ0) is 20.1. The van der Waals surface area contributed by atoms with Crippen LogP contribution in [0, 0.1) is 0 Å². The van der Waals surface area contributed by atoms with Crippen LogP contribution in [0.25, 0.3) is 0 Å². The van der Waals surface area contributed by atoms with E-state index in [1.807, 2.05) is 4.90 Å². The number of hydrogen-bond acceptors (Lipinski definition) is 3. The van der Waals surface area contributed by atoms with Crippen molar-refractivity contribution in [3.8, 4) is 0 Å². The fourth-order valence-corrected chi connectivity index (χ4v) is 3.34. The number of alkyl halides is 3. The highest BCUT2D eigenvalue weighted by Crippen LogP contribution is 2.36. The average molecular weight is 407 g/mol. The van der Waals surface area contributed by atoms with Gasteiger partial charge in [-0.05, 0) is 61.8 Å². The number of carbonyl (C=O) groups excluding carboxylic acids is 1. The number of halogens is 3. The molecule has 1 aliphatic rings. The number of anilines is 2. The van der Waals surface area contributed by atoms with Crippen molar-refractivity contribution in [3.63, 3.8) is 0 Å². The molecule has 2 N–H and O–H groups in total. The van der Waals surface area contributed by atoms with Gasteiger partial charge in [-0.3, -0.25) is 10.1 Å². The van der Waals surface area contributed by atoms with Gasteiger partial charge in [0, 0.05) is 18.7 Å². The van der Waals surface area contributed by atoms with Crippen molar-refractivity contribution in [2.75, 3.05) is 23.3 Å². The molecule has 0 spiro atoms. The van der Waals surface area contributed by atoms with Crippen LogP contribution in [0.15, 0.2) is 48.5 Å². The van der Waals surface area contributed by atoms with Crippen LogP contribution >= 0.6 is 12.2 Å². The monoisotopic (exact) mass is 407 g/mol. The minimum absolute atomic E-state index is 0.0496. The quantitative estimate of drug-likeness (QED) is 0.716. The van der Waals surface area contributed by atoms with E-state index in [4.69, 9.17) is 12.2 Å². The highest BCUT2D eigenvalue weighted by Gasteiger charge is 2.31. The smallest absolute Gasteiger partial charge is 0.370 e. The van der Waals surface area contributed by atoms with E-state index in [2.05, 4.69) is 10.6 Å². The first kappa shape index (κ1) is 20.1. The van der Waals surface area contributed by atoms with Crippen molar-refractivity contribution in [3.05, 3.63) is 59.7 Å². The SMILES string of the molecule is O=C(NC(=S)Nc1cc(C(F)(F)F)ccc1N1CCCCC1)c1ccccc1. The number of piperidine rings is 1. The third-order valence-electron chi connectivity index (χ3n) is 4.53. The molecule has 0 aromatic heterocycles. The Morgan fingerprint density at radius 2 is 1.68 bits per heavy atom. The second-order valence-corrected chi connectivity index (χ2v) is 6.96. The molecule has 0 bridgehead atoms. The van der Waals surface area contributed by atoms with E-state index < -0.39 is 17.6 Å². The third kappa shape index (κ3) is 5.01. The van der Waals surface area contributed by atoms with E-state index in [0.29, 0.717) is 11.3 Å². The molecule has 0 unspecified atom stereocenters. The van der Waals surface area contributed by atoms with Gasteiger partial charge in [0.05, 0.1) is 16.9 Å². The molecule has 28 heavy (non-hydrogen) atoms. The number of nitrogens with zero attached hydrogens (tertiary/aromatic N) is 1. The van der Waals surface area contributed by atoms with Crippen molar-refractivity contribution in [1.82, 2.24) is 5.32 Å². The fraction of sp³-hybridized carbons (Fsp3) is 0.300. The molecule has 1 heterocycles. The molecule has 148 valence electrons. The summed E-state index contributed by atoms with van der Waals surface area (Å²) in [7, 11) is 0. The second-order valence-electron chi connectivity index (χ2n) is 6.55. The Hall–Kier alpha value is -2.61. The van der Waals surface area contributed by atoms with E-state index in [1.165, 1.54) is 6.07 Å². The first-order chi connectivity index (χ1) is 13.3. The Balaban J connectivity index is 1.81. The van der Waals surface area contributed by atoms with Gasteiger partial charge in [0.15, 0.2) is 5.11 Å². The van der Waals surface area contributed by atoms with E-state index in [1.54, 1.807) is 30.3 Å². The minimum atomic E-state index is -4.47. The van der Waals surface area contributed by atoms with Crippen LogP contribution in [0.5, 0.6) is 0 Å². The summed E-state index contributed by atoms with van der Waals surface area (Å²) in [6.45, 7) is 1.53. The van der Waals surface area contributed by atoms with Crippen LogP contribution in [-0.2, 0) is 6.18 Å². The Bertz CT molecular complexity index is 850. The van der Waals surface area contributed by atoms with Crippen molar-refractivity contribution >= 4 is 34.6 Å². The van der Waals surface area contributed by atoms with Crippen molar-refractivity contribution in [1.29, 1.82) is 0 Å². The van der Waals surface area contributed by atoms with Gasteiger partial charge in [0.2, 0.25) is 0 Å². The normalized spacial score (nSPS) is 14.5. The van der Waals surface area contributed by atoms with Crippen LogP contribution in [0.4, 0.5) is 24.5 Å². The van der Waals surface area contributed by atoms with Gasteiger partial charge in [0.1, 0.15) is 0 Å². The van der Waals surface area contributed by atoms with Crippen LogP contribution < -0.4 is 15.5 Å². The number of thiocarbonyl (C=S) groups is 1. The predicted octanol–water partition coefficient (Wildman–Crippen LogP) is 4.82. The lowest BCUT2D eigenvalue weighted by molar-refractivity contribution is -0.137. The minimum Gasteiger partial charge on any atom is -0.370 e. The zero-order valence-corrected chi connectivity index (χ0v) is 15.9. The number of nitrogens with one attached hydrogen (secondary N) is 2. The molecule has 8 heteroatoms. The average Bonchev–Trinajstić information content (AvgIpc) is 2.68. The van der Waals surface area contributed by atoms with E-state index in [0.717, 1.165) is 44.5 Å². The van der Waals surface area contributed by atoms with Gasteiger partial charge < -0.3 is 10.2 Å². The molecule has 0 atom stereocenters. The summed E-state index contributed by atoms with van der Waals surface area (Å²) in [4.78, 5) is 14.3. The molecule has 1 aliphatic heterocycles. The molecule has 1 fully saturated rings. The molecule has 2 aromatic rings. The second kappa shape index (κ2) is 8.60. The maximum Gasteiger partial charge on any atom is 0.416 e. The van der Waals surface area contributed by atoms with Crippen LogP contribution in [0.3, 0.4) is 0 Å². The number of amides is 1. The molecule has 4 nitrogen and oxygen atoms in total.